The first-order valence-electron chi connectivity index (χ1n) is 6.98. The van der Waals surface area contributed by atoms with Crippen LogP contribution >= 0.6 is 0 Å². The molecule has 0 radical (unpaired) electrons. The Hall–Kier alpha value is -0.0900. The predicted octanol–water partition coefficient (Wildman–Crippen LogP) is 4.18. The van der Waals surface area contributed by atoms with Crippen LogP contribution in [0.15, 0.2) is 0 Å². The summed E-state index contributed by atoms with van der Waals surface area (Å²) in [5, 5.41) is -0.539. The lowest BCUT2D eigenvalue weighted by atomic mass is 10.1. The predicted molar refractivity (Wildman–Crippen MR) is 72.9 cm³/mol. The third-order valence-corrected chi connectivity index (χ3v) is 4.48. The maximum absolute atomic E-state index is 11.1. The number of hydrogen-bond acceptors (Lipinski definition) is 2. The Morgan fingerprint density at radius 3 is 1.82 bits per heavy atom. The number of hydrogen-bond donors (Lipinski definition) is 1. The molecule has 0 fully saturated rings. The van der Waals surface area contributed by atoms with E-state index in [1.165, 1.54) is 32.1 Å². The summed E-state index contributed by atoms with van der Waals surface area (Å²) in [5.41, 5.74) is 0. The van der Waals surface area contributed by atoms with E-state index in [9.17, 15) is 8.42 Å². The van der Waals surface area contributed by atoms with E-state index in [0.29, 0.717) is 12.8 Å². The fourth-order valence-electron chi connectivity index (χ4n) is 2.09. The summed E-state index contributed by atoms with van der Waals surface area (Å²) >= 11 is 0. The summed E-state index contributed by atoms with van der Waals surface area (Å²) in [6.07, 6.45) is 10.3. The van der Waals surface area contributed by atoms with Gasteiger partial charge in [0.1, 0.15) is 0 Å². The fraction of sp³-hybridized carbons (Fsp3) is 1.00. The highest BCUT2D eigenvalue weighted by Crippen LogP contribution is 2.16. The molecule has 0 saturated carbocycles. The minimum Gasteiger partial charge on any atom is -0.285 e. The minimum absolute atomic E-state index is 0.539. The first-order chi connectivity index (χ1) is 8.02. The van der Waals surface area contributed by atoms with Gasteiger partial charge in [-0.05, 0) is 12.8 Å². The first-order valence-corrected chi connectivity index (χ1v) is 8.49. The monoisotopic (exact) mass is 264 g/mol. The minimum atomic E-state index is -3.83. The highest BCUT2D eigenvalue weighted by Gasteiger charge is 2.20. The van der Waals surface area contributed by atoms with Gasteiger partial charge in [-0.25, -0.2) is 0 Å². The molecule has 17 heavy (non-hydrogen) atoms. The largest absolute Gasteiger partial charge is 0.285 e. The average Bonchev–Trinajstić information content (AvgIpc) is 2.25. The van der Waals surface area contributed by atoms with Crippen LogP contribution in [0.1, 0.15) is 78.1 Å². The molecule has 1 atom stereocenters. The van der Waals surface area contributed by atoms with Gasteiger partial charge in [0.25, 0.3) is 10.1 Å². The van der Waals surface area contributed by atoms with Crippen molar-refractivity contribution in [1.82, 2.24) is 0 Å². The fourth-order valence-corrected chi connectivity index (χ4v) is 3.09. The Morgan fingerprint density at radius 2 is 1.35 bits per heavy atom. The zero-order valence-electron chi connectivity index (χ0n) is 11.3. The van der Waals surface area contributed by atoms with Gasteiger partial charge in [0.05, 0.1) is 5.25 Å². The molecule has 0 spiro atoms. The summed E-state index contributed by atoms with van der Waals surface area (Å²) in [5.74, 6) is 0. The van der Waals surface area contributed by atoms with Crippen LogP contribution < -0.4 is 0 Å². The molecule has 0 rings (SSSR count). The Balaban J connectivity index is 3.62. The highest BCUT2D eigenvalue weighted by atomic mass is 32.2. The van der Waals surface area contributed by atoms with Gasteiger partial charge in [0.2, 0.25) is 0 Å². The lowest BCUT2D eigenvalue weighted by molar-refractivity contribution is 0.448. The van der Waals surface area contributed by atoms with E-state index in [1.807, 2.05) is 6.92 Å². The number of unbranched alkanes of at least 4 members (excludes halogenated alkanes) is 6. The van der Waals surface area contributed by atoms with Crippen molar-refractivity contribution in [2.24, 2.45) is 0 Å². The van der Waals surface area contributed by atoms with Crippen LogP contribution in [0.3, 0.4) is 0 Å². The summed E-state index contributed by atoms with van der Waals surface area (Å²) in [6, 6.07) is 0. The smallest absolute Gasteiger partial charge is 0.267 e. The van der Waals surface area contributed by atoms with E-state index in [2.05, 4.69) is 6.92 Å². The molecule has 0 amide bonds. The van der Waals surface area contributed by atoms with Crippen molar-refractivity contribution < 1.29 is 13.0 Å². The summed E-state index contributed by atoms with van der Waals surface area (Å²) in [4.78, 5) is 0. The highest BCUT2D eigenvalue weighted by molar-refractivity contribution is 7.86. The van der Waals surface area contributed by atoms with E-state index in [4.69, 9.17) is 4.55 Å². The van der Waals surface area contributed by atoms with Crippen LogP contribution in [-0.2, 0) is 10.1 Å². The number of rotatable bonds is 11. The Morgan fingerprint density at radius 1 is 0.824 bits per heavy atom. The van der Waals surface area contributed by atoms with Crippen LogP contribution in [0.25, 0.3) is 0 Å². The van der Waals surface area contributed by atoms with Gasteiger partial charge in [-0.3, -0.25) is 4.55 Å². The van der Waals surface area contributed by atoms with Crippen molar-refractivity contribution in [1.29, 1.82) is 0 Å². The zero-order valence-corrected chi connectivity index (χ0v) is 12.1. The molecule has 0 heterocycles. The van der Waals surface area contributed by atoms with Crippen molar-refractivity contribution in [3.63, 3.8) is 0 Å². The topological polar surface area (TPSA) is 54.4 Å². The van der Waals surface area contributed by atoms with Gasteiger partial charge in [-0.15, -0.1) is 0 Å². The first kappa shape index (κ1) is 16.9. The summed E-state index contributed by atoms with van der Waals surface area (Å²) < 4.78 is 31.2. The van der Waals surface area contributed by atoms with E-state index in [1.54, 1.807) is 0 Å². The molecular formula is C13H28O3S. The van der Waals surface area contributed by atoms with Crippen molar-refractivity contribution in [2.45, 2.75) is 83.3 Å². The molecule has 0 saturated heterocycles. The second-order valence-corrected chi connectivity index (χ2v) is 6.53. The zero-order chi connectivity index (χ0) is 13.1. The lowest BCUT2D eigenvalue weighted by Gasteiger charge is -2.12. The SMILES string of the molecule is CCCCCCCCCC(CCC)S(=O)(=O)O. The Bertz CT molecular complexity index is 260. The van der Waals surface area contributed by atoms with E-state index in [-0.39, 0.29) is 0 Å². The van der Waals surface area contributed by atoms with Crippen LogP contribution in [0.4, 0.5) is 0 Å². The Kier molecular flexibility index (Phi) is 9.84. The van der Waals surface area contributed by atoms with E-state index >= 15 is 0 Å². The van der Waals surface area contributed by atoms with Gasteiger partial charge < -0.3 is 0 Å². The quantitative estimate of drug-likeness (QED) is 0.450. The second-order valence-electron chi connectivity index (χ2n) is 4.84. The molecule has 3 nitrogen and oxygen atoms in total. The average molecular weight is 264 g/mol. The molecule has 0 aliphatic carbocycles. The van der Waals surface area contributed by atoms with Gasteiger partial charge >= 0.3 is 0 Å². The lowest BCUT2D eigenvalue weighted by Crippen LogP contribution is -2.20. The van der Waals surface area contributed by atoms with Gasteiger partial charge in [-0.1, -0.05) is 65.2 Å². The van der Waals surface area contributed by atoms with Crippen molar-refractivity contribution >= 4 is 10.1 Å². The summed E-state index contributed by atoms with van der Waals surface area (Å²) in [7, 11) is -3.83. The Labute approximate surface area is 107 Å². The summed E-state index contributed by atoms with van der Waals surface area (Å²) in [6.45, 7) is 4.14. The van der Waals surface area contributed by atoms with Crippen LogP contribution in [0.5, 0.6) is 0 Å². The van der Waals surface area contributed by atoms with Gasteiger partial charge in [0, 0.05) is 0 Å². The molecule has 1 N–H and O–H groups in total. The molecule has 0 aromatic heterocycles. The van der Waals surface area contributed by atoms with Gasteiger partial charge in [0.15, 0.2) is 0 Å². The second kappa shape index (κ2) is 9.89. The normalized spacial score (nSPS) is 13.8. The maximum atomic E-state index is 11.1. The van der Waals surface area contributed by atoms with Crippen molar-refractivity contribution in [3.8, 4) is 0 Å². The molecule has 0 aliphatic heterocycles. The van der Waals surface area contributed by atoms with Crippen LogP contribution in [0, 0.1) is 0 Å². The van der Waals surface area contributed by atoms with Crippen molar-refractivity contribution in [3.05, 3.63) is 0 Å². The molecule has 0 aromatic carbocycles. The molecule has 104 valence electrons. The van der Waals surface area contributed by atoms with Crippen LogP contribution in [-0.4, -0.2) is 18.2 Å². The van der Waals surface area contributed by atoms with E-state index < -0.39 is 15.4 Å². The standard InChI is InChI=1S/C13H28O3S/c1-3-5-6-7-8-9-10-12-13(11-4-2)17(14,15)16/h13H,3-12H2,1-2H3,(H,14,15,16). The van der Waals surface area contributed by atoms with Crippen LogP contribution in [0.2, 0.25) is 0 Å². The van der Waals surface area contributed by atoms with Gasteiger partial charge in [-0.2, -0.15) is 8.42 Å². The van der Waals surface area contributed by atoms with E-state index in [0.717, 1.165) is 19.3 Å². The molecule has 0 aliphatic rings. The molecule has 4 heteroatoms. The third-order valence-electron chi connectivity index (χ3n) is 3.16. The third kappa shape index (κ3) is 9.60. The van der Waals surface area contributed by atoms with Crippen molar-refractivity contribution in [2.75, 3.05) is 0 Å². The maximum Gasteiger partial charge on any atom is 0.267 e. The molecule has 0 bridgehead atoms. The molecule has 1 unspecified atom stereocenters. The molecule has 0 aromatic rings. The molecular weight excluding hydrogens is 236 g/mol.